The number of amides is 2. The Hall–Kier alpha value is -3.20. The van der Waals surface area contributed by atoms with E-state index in [9.17, 15) is 18.4 Å². The Labute approximate surface area is 179 Å². The Balaban J connectivity index is 1.79. The summed E-state index contributed by atoms with van der Waals surface area (Å²) in [5, 5.41) is 2.47. The van der Waals surface area contributed by atoms with E-state index in [1.54, 1.807) is 41.8 Å². The number of nitrogens with zero attached hydrogens (tertiary/aromatic N) is 1. The molecule has 9 heteroatoms. The lowest BCUT2D eigenvalue weighted by Gasteiger charge is -2.15. The summed E-state index contributed by atoms with van der Waals surface area (Å²) in [6.07, 6.45) is 0. The summed E-state index contributed by atoms with van der Waals surface area (Å²) < 4.78 is 34.1. The number of benzene rings is 2. The third-order valence-corrected chi connectivity index (χ3v) is 5.11. The standard InChI is InChI=1S/C21H18BrF2N3O3/c1-12-8-18(30-11-14-4-5-15(23)9-17(14)24)19(22)20(28)27(12)10-13-2-6-16(7-3-13)26-21(25)29/h2-9H,10-11H2,1H3,(H3,25,26,29). The fourth-order valence-electron chi connectivity index (χ4n) is 2.83. The van der Waals surface area contributed by atoms with E-state index in [1.165, 1.54) is 6.07 Å². The maximum Gasteiger partial charge on any atom is 0.316 e. The highest BCUT2D eigenvalue weighted by Gasteiger charge is 2.14. The van der Waals surface area contributed by atoms with Gasteiger partial charge in [-0.2, -0.15) is 0 Å². The summed E-state index contributed by atoms with van der Waals surface area (Å²) in [7, 11) is 0. The lowest BCUT2D eigenvalue weighted by molar-refractivity contribution is 0.259. The number of aryl methyl sites for hydroxylation is 1. The molecule has 156 valence electrons. The Kier molecular flexibility index (Phi) is 6.51. The zero-order chi connectivity index (χ0) is 21.8. The van der Waals surface area contributed by atoms with Crippen molar-refractivity contribution >= 4 is 27.6 Å². The molecular formula is C21H18BrF2N3O3. The van der Waals surface area contributed by atoms with Gasteiger partial charge in [-0.1, -0.05) is 12.1 Å². The van der Waals surface area contributed by atoms with Crippen LogP contribution in [0.25, 0.3) is 0 Å². The van der Waals surface area contributed by atoms with Gasteiger partial charge in [0.15, 0.2) is 0 Å². The fourth-order valence-corrected chi connectivity index (χ4v) is 3.27. The van der Waals surface area contributed by atoms with Gasteiger partial charge in [0.2, 0.25) is 0 Å². The second-order valence-electron chi connectivity index (χ2n) is 6.57. The summed E-state index contributed by atoms with van der Waals surface area (Å²) in [6.45, 7) is 1.90. The van der Waals surface area contributed by atoms with E-state index in [2.05, 4.69) is 21.2 Å². The monoisotopic (exact) mass is 477 g/mol. The molecule has 2 amide bonds. The molecule has 3 N–H and O–H groups in total. The van der Waals surface area contributed by atoms with Gasteiger partial charge < -0.3 is 20.4 Å². The highest BCUT2D eigenvalue weighted by molar-refractivity contribution is 9.10. The van der Waals surface area contributed by atoms with Crippen molar-refractivity contribution in [1.82, 2.24) is 4.57 Å². The fraction of sp³-hybridized carbons (Fsp3) is 0.143. The van der Waals surface area contributed by atoms with Crippen LogP contribution < -0.4 is 21.3 Å². The van der Waals surface area contributed by atoms with E-state index in [0.717, 1.165) is 17.7 Å². The molecule has 0 radical (unpaired) electrons. The van der Waals surface area contributed by atoms with Crippen LogP contribution in [0.1, 0.15) is 16.8 Å². The van der Waals surface area contributed by atoms with Crippen LogP contribution in [0.3, 0.4) is 0 Å². The normalized spacial score (nSPS) is 10.7. The zero-order valence-electron chi connectivity index (χ0n) is 15.9. The maximum atomic E-state index is 13.8. The van der Waals surface area contributed by atoms with Crippen molar-refractivity contribution in [3.05, 3.63) is 91.8 Å². The number of anilines is 1. The van der Waals surface area contributed by atoms with E-state index in [-0.39, 0.29) is 28.0 Å². The van der Waals surface area contributed by atoms with Crippen LogP contribution in [-0.2, 0) is 13.2 Å². The van der Waals surface area contributed by atoms with Crippen molar-refractivity contribution < 1.29 is 18.3 Å². The number of rotatable bonds is 6. The van der Waals surface area contributed by atoms with Crippen molar-refractivity contribution in [2.75, 3.05) is 5.32 Å². The van der Waals surface area contributed by atoms with Crippen molar-refractivity contribution in [3.63, 3.8) is 0 Å². The molecule has 0 spiro atoms. The van der Waals surface area contributed by atoms with E-state index in [1.807, 2.05) is 0 Å². The number of urea groups is 1. The smallest absolute Gasteiger partial charge is 0.316 e. The van der Waals surface area contributed by atoms with Gasteiger partial charge in [-0.25, -0.2) is 13.6 Å². The first kappa shape index (κ1) is 21.5. The van der Waals surface area contributed by atoms with Crippen molar-refractivity contribution in [2.24, 2.45) is 5.73 Å². The van der Waals surface area contributed by atoms with Crippen LogP contribution in [0, 0.1) is 18.6 Å². The van der Waals surface area contributed by atoms with Gasteiger partial charge in [-0.3, -0.25) is 4.79 Å². The molecule has 0 saturated heterocycles. The van der Waals surface area contributed by atoms with Crippen LogP contribution in [0.15, 0.2) is 57.8 Å². The molecule has 0 aliphatic rings. The summed E-state index contributed by atoms with van der Waals surface area (Å²) in [6, 6.07) is 11.1. The Morgan fingerprint density at radius 3 is 2.50 bits per heavy atom. The van der Waals surface area contributed by atoms with Crippen LogP contribution in [0.2, 0.25) is 0 Å². The third kappa shape index (κ3) is 5.04. The molecule has 0 aliphatic heterocycles. The zero-order valence-corrected chi connectivity index (χ0v) is 17.5. The molecular weight excluding hydrogens is 460 g/mol. The molecule has 2 aromatic carbocycles. The first-order valence-electron chi connectivity index (χ1n) is 8.86. The van der Waals surface area contributed by atoms with Crippen LogP contribution in [-0.4, -0.2) is 10.6 Å². The molecule has 1 heterocycles. The van der Waals surface area contributed by atoms with Crippen LogP contribution >= 0.6 is 15.9 Å². The number of ether oxygens (including phenoxy) is 1. The third-order valence-electron chi connectivity index (χ3n) is 4.38. The first-order valence-corrected chi connectivity index (χ1v) is 9.66. The van der Waals surface area contributed by atoms with Gasteiger partial charge in [0.25, 0.3) is 5.56 Å². The quantitative estimate of drug-likeness (QED) is 0.554. The predicted octanol–water partition coefficient (Wildman–Crippen LogP) is 4.32. The number of pyridine rings is 1. The van der Waals surface area contributed by atoms with Gasteiger partial charge >= 0.3 is 6.03 Å². The number of carbonyl (C=O) groups excluding carboxylic acids is 1. The molecule has 6 nitrogen and oxygen atoms in total. The highest BCUT2D eigenvalue weighted by atomic mass is 79.9. The molecule has 3 rings (SSSR count). The molecule has 30 heavy (non-hydrogen) atoms. The van der Waals surface area contributed by atoms with Crippen molar-refractivity contribution in [3.8, 4) is 5.75 Å². The number of carbonyl (C=O) groups is 1. The largest absolute Gasteiger partial charge is 0.487 e. The second kappa shape index (κ2) is 9.08. The molecule has 0 saturated carbocycles. The molecule has 1 aromatic heterocycles. The lowest BCUT2D eigenvalue weighted by Crippen LogP contribution is -2.24. The Bertz CT molecular complexity index is 1150. The first-order chi connectivity index (χ1) is 14.2. The number of nitrogens with two attached hydrogens (primary N) is 1. The minimum Gasteiger partial charge on any atom is -0.487 e. The SMILES string of the molecule is Cc1cc(OCc2ccc(F)cc2F)c(Br)c(=O)n1Cc1ccc(NC(N)=O)cc1. The lowest BCUT2D eigenvalue weighted by atomic mass is 10.2. The predicted molar refractivity (Wildman–Crippen MR) is 113 cm³/mol. The minimum absolute atomic E-state index is 0.151. The number of hydrogen-bond acceptors (Lipinski definition) is 3. The molecule has 0 unspecified atom stereocenters. The second-order valence-corrected chi connectivity index (χ2v) is 7.36. The highest BCUT2D eigenvalue weighted by Crippen LogP contribution is 2.24. The topological polar surface area (TPSA) is 86.3 Å². The minimum atomic E-state index is -0.717. The maximum absolute atomic E-state index is 13.8. The number of halogens is 3. The average molecular weight is 478 g/mol. The van der Waals surface area contributed by atoms with Crippen molar-refractivity contribution in [2.45, 2.75) is 20.1 Å². The van der Waals surface area contributed by atoms with E-state index in [4.69, 9.17) is 10.5 Å². The summed E-state index contributed by atoms with van der Waals surface area (Å²) >= 11 is 3.25. The van der Waals surface area contributed by atoms with Gasteiger partial charge in [0, 0.05) is 29.1 Å². The van der Waals surface area contributed by atoms with Crippen molar-refractivity contribution in [1.29, 1.82) is 0 Å². The summed E-state index contributed by atoms with van der Waals surface area (Å²) in [4.78, 5) is 23.7. The molecule has 0 bridgehead atoms. The van der Waals surface area contributed by atoms with Gasteiger partial charge in [0.1, 0.15) is 28.5 Å². The van der Waals surface area contributed by atoms with Gasteiger partial charge in [0.05, 0.1) is 6.54 Å². The Morgan fingerprint density at radius 1 is 1.17 bits per heavy atom. The molecule has 3 aromatic rings. The van der Waals surface area contributed by atoms with Crippen LogP contribution in [0.4, 0.5) is 19.3 Å². The summed E-state index contributed by atoms with van der Waals surface area (Å²) in [5.41, 5.74) is 6.97. The average Bonchev–Trinajstić information content (AvgIpc) is 2.69. The molecule has 0 aliphatic carbocycles. The van der Waals surface area contributed by atoms with Crippen LogP contribution in [0.5, 0.6) is 5.75 Å². The number of nitrogens with one attached hydrogen (secondary N) is 1. The molecule has 0 atom stereocenters. The number of hydrogen-bond donors (Lipinski definition) is 2. The summed E-state index contributed by atoms with van der Waals surface area (Å²) in [5.74, 6) is -1.13. The Morgan fingerprint density at radius 2 is 1.87 bits per heavy atom. The molecule has 0 fully saturated rings. The number of primary amides is 1. The number of aromatic nitrogens is 1. The van der Waals surface area contributed by atoms with Gasteiger partial charge in [-0.05, 0) is 52.7 Å². The van der Waals surface area contributed by atoms with E-state index >= 15 is 0 Å². The van der Waals surface area contributed by atoms with E-state index < -0.39 is 17.7 Å². The van der Waals surface area contributed by atoms with Gasteiger partial charge in [-0.15, -0.1) is 0 Å². The van der Waals surface area contributed by atoms with E-state index in [0.29, 0.717) is 17.9 Å².